The molecule has 0 spiro atoms. The van der Waals surface area contributed by atoms with Gasteiger partial charge >= 0.3 is 5.97 Å². The summed E-state index contributed by atoms with van der Waals surface area (Å²) in [4.78, 5) is 29.9. The number of H-pyrrole nitrogens is 1. The third-order valence-electron chi connectivity index (χ3n) is 4.60. The van der Waals surface area contributed by atoms with Gasteiger partial charge in [0.05, 0.1) is 18.4 Å². The van der Waals surface area contributed by atoms with Gasteiger partial charge in [-0.2, -0.15) is 0 Å². The molecule has 0 saturated carbocycles. The van der Waals surface area contributed by atoms with E-state index in [2.05, 4.69) is 9.71 Å². The molecule has 26 heavy (non-hydrogen) atoms. The standard InChI is InChI=1S/C17H27N3O5S/c1-5-25-17(22)14-11(2)15(19-12(14)3)16(21)20-9-7-6-8-13(20)10-18-26(4,23)24/h13,18-19H,5-10H2,1-4H3/t13-/m1/s1. The van der Waals surface area contributed by atoms with Crippen molar-refractivity contribution in [2.45, 2.75) is 46.1 Å². The van der Waals surface area contributed by atoms with Crippen LogP contribution in [0.1, 0.15) is 58.3 Å². The Bertz CT molecular complexity index is 785. The Hall–Kier alpha value is -1.87. The Labute approximate surface area is 154 Å². The maximum absolute atomic E-state index is 13.1. The van der Waals surface area contributed by atoms with Gasteiger partial charge < -0.3 is 14.6 Å². The highest BCUT2D eigenvalue weighted by atomic mass is 32.2. The minimum atomic E-state index is -3.32. The minimum absolute atomic E-state index is 0.189. The van der Waals surface area contributed by atoms with Gasteiger partial charge in [-0.25, -0.2) is 17.9 Å². The van der Waals surface area contributed by atoms with Crippen molar-refractivity contribution in [3.63, 3.8) is 0 Å². The van der Waals surface area contributed by atoms with Crippen molar-refractivity contribution in [3.8, 4) is 0 Å². The van der Waals surface area contributed by atoms with Crippen molar-refractivity contribution in [2.75, 3.05) is 26.0 Å². The van der Waals surface area contributed by atoms with Gasteiger partial charge in [0.1, 0.15) is 5.69 Å². The third-order valence-corrected chi connectivity index (χ3v) is 5.29. The van der Waals surface area contributed by atoms with Crippen molar-refractivity contribution in [1.29, 1.82) is 0 Å². The number of likely N-dealkylation sites (tertiary alicyclic amines) is 1. The number of nitrogens with one attached hydrogen (secondary N) is 2. The number of aryl methyl sites for hydroxylation is 1. The van der Waals surface area contributed by atoms with Gasteiger partial charge in [0.25, 0.3) is 5.91 Å². The molecule has 0 aromatic carbocycles. The van der Waals surface area contributed by atoms with Crippen molar-refractivity contribution >= 4 is 21.9 Å². The summed E-state index contributed by atoms with van der Waals surface area (Å²) < 4.78 is 30.3. The van der Waals surface area contributed by atoms with Crippen LogP contribution in [-0.2, 0) is 14.8 Å². The summed E-state index contributed by atoms with van der Waals surface area (Å²) in [5.74, 6) is -0.673. The smallest absolute Gasteiger partial charge is 0.340 e. The Morgan fingerprint density at radius 3 is 2.62 bits per heavy atom. The van der Waals surface area contributed by atoms with Gasteiger partial charge in [-0.05, 0) is 45.6 Å². The summed E-state index contributed by atoms with van der Waals surface area (Å²) in [5, 5.41) is 0. The van der Waals surface area contributed by atoms with E-state index >= 15 is 0 Å². The first-order chi connectivity index (χ1) is 12.2. The molecule has 0 radical (unpaired) electrons. The topological polar surface area (TPSA) is 109 Å². The number of hydrogen-bond acceptors (Lipinski definition) is 5. The number of aromatic nitrogens is 1. The third kappa shape index (κ3) is 4.64. The summed E-state index contributed by atoms with van der Waals surface area (Å²) in [7, 11) is -3.32. The van der Waals surface area contributed by atoms with Crippen LogP contribution in [0, 0.1) is 13.8 Å². The Morgan fingerprint density at radius 2 is 2.00 bits per heavy atom. The number of rotatable bonds is 6. The summed E-state index contributed by atoms with van der Waals surface area (Å²) in [6.07, 6.45) is 3.64. The molecule has 1 fully saturated rings. The second-order valence-corrected chi connectivity index (χ2v) is 8.45. The van der Waals surface area contributed by atoms with Gasteiger partial charge in [0.2, 0.25) is 10.0 Å². The lowest BCUT2D eigenvalue weighted by Crippen LogP contribution is -2.49. The molecule has 2 heterocycles. The molecule has 1 atom stereocenters. The number of aromatic amines is 1. The van der Waals surface area contributed by atoms with Crippen LogP contribution in [0.5, 0.6) is 0 Å². The maximum atomic E-state index is 13.1. The highest BCUT2D eigenvalue weighted by Crippen LogP contribution is 2.24. The molecule has 0 unspecified atom stereocenters. The molecule has 0 bridgehead atoms. The predicted octanol–water partition coefficient (Wildman–Crippen LogP) is 1.35. The molecule has 1 aromatic heterocycles. The van der Waals surface area contributed by atoms with E-state index in [1.165, 1.54) is 0 Å². The van der Waals surface area contributed by atoms with E-state index in [4.69, 9.17) is 4.74 Å². The summed E-state index contributed by atoms with van der Waals surface area (Å²) in [6.45, 7) is 6.19. The summed E-state index contributed by atoms with van der Waals surface area (Å²) in [6, 6.07) is -0.208. The highest BCUT2D eigenvalue weighted by molar-refractivity contribution is 7.88. The number of piperidine rings is 1. The SMILES string of the molecule is CCOC(=O)c1c(C)[nH]c(C(=O)N2CCCC[C@@H]2CNS(C)(=O)=O)c1C. The van der Waals surface area contributed by atoms with Crippen LogP contribution in [0.25, 0.3) is 0 Å². The molecule has 2 rings (SSSR count). The van der Waals surface area contributed by atoms with Crippen LogP contribution in [0.3, 0.4) is 0 Å². The zero-order chi connectivity index (χ0) is 19.5. The fourth-order valence-corrected chi connectivity index (χ4v) is 3.84. The van der Waals surface area contributed by atoms with E-state index in [1.54, 1.807) is 25.7 Å². The largest absolute Gasteiger partial charge is 0.462 e. The monoisotopic (exact) mass is 385 g/mol. The van der Waals surface area contributed by atoms with Crippen molar-refractivity contribution in [2.24, 2.45) is 0 Å². The minimum Gasteiger partial charge on any atom is -0.462 e. The van der Waals surface area contributed by atoms with E-state index in [1.807, 2.05) is 0 Å². The average Bonchev–Trinajstić information content (AvgIpc) is 2.86. The lowest BCUT2D eigenvalue weighted by Gasteiger charge is -2.35. The lowest BCUT2D eigenvalue weighted by atomic mass is 10.0. The maximum Gasteiger partial charge on any atom is 0.340 e. The van der Waals surface area contributed by atoms with Crippen molar-refractivity contribution in [1.82, 2.24) is 14.6 Å². The van der Waals surface area contributed by atoms with Crippen molar-refractivity contribution < 1.29 is 22.7 Å². The van der Waals surface area contributed by atoms with Gasteiger partial charge in [-0.1, -0.05) is 0 Å². The molecule has 146 valence electrons. The molecule has 0 aliphatic carbocycles. The van der Waals surface area contributed by atoms with E-state index < -0.39 is 16.0 Å². The molecule has 1 saturated heterocycles. The second kappa shape index (κ2) is 8.22. The number of esters is 1. The van der Waals surface area contributed by atoms with Gasteiger partial charge in [0, 0.05) is 24.8 Å². The van der Waals surface area contributed by atoms with Gasteiger partial charge in [0.15, 0.2) is 0 Å². The normalized spacial score (nSPS) is 18.0. The van der Waals surface area contributed by atoms with Crippen LogP contribution in [0.2, 0.25) is 0 Å². The molecule has 9 heteroatoms. The van der Waals surface area contributed by atoms with Gasteiger partial charge in [-0.3, -0.25) is 4.79 Å². The van der Waals surface area contributed by atoms with E-state index in [0.717, 1.165) is 25.5 Å². The molecule has 1 aromatic rings. The van der Waals surface area contributed by atoms with Crippen molar-refractivity contribution in [3.05, 3.63) is 22.5 Å². The first-order valence-corrected chi connectivity index (χ1v) is 10.7. The number of carbonyl (C=O) groups excluding carboxylic acids is 2. The molecule has 1 amide bonds. The number of ether oxygens (including phenoxy) is 1. The number of carbonyl (C=O) groups is 2. The summed E-state index contributed by atoms with van der Waals surface area (Å²) in [5.41, 5.74) is 1.90. The van der Waals surface area contributed by atoms with Crippen LogP contribution in [0.15, 0.2) is 0 Å². The predicted molar refractivity (Wildman–Crippen MR) is 97.7 cm³/mol. The Balaban J connectivity index is 2.26. The van der Waals surface area contributed by atoms with E-state index in [0.29, 0.717) is 29.1 Å². The Kier molecular flexibility index (Phi) is 6.46. The van der Waals surface area contributed by atoms with Crippen LogP contribution >= 0.6 is 0 Å². The second-order valence-electron chi connectivity index (χ2n) is 6.61. The first kappa shape index (κ1) is 20.4. The molecule has 8 nitrogen and oxygen atoms in total. The van der Waals surface area contributed by atoms with Crippen LogP contribution in [0.4, 0.5) is 0 Å². The lowest BCUT2D eigenvalue weighted by molar-refractivity contribution is 0.0525. The Morgan fingerprint density at radius 1 is 1.31 bits per heavy atom. The molecule has 1 aliphatic heterocycles. The zero-order valence-electron chi connectivity index (χ0n) is 15.7. The highest BCUT2D eigenvalue weighted by Gasteiger charge is 2.31. The molecular weight excluding hydrogens is 358 g/mol. The quantitative estimate of drug-likeness (QED) is 0.719. The molecule has 2 N–H and O–H groups in total. The fraction of sp³-hybridized carbons (Fsp3) is 0.647. The molecule has 1 aliphatic rings. The first-order valence-electron chi connectivity index (χ1n) is 8.77. The van der Waals surface area contributed by atoms with Crippen LogP contribution in [-0.4, -0.2) is 62.2 Å². The average molecular weight is 385 g/mol. The number of hydrogen-bond donors (Lipinski definition) is 2. The van der Waals surface area contributed by atoms with E-state index in [9.17, 15) is 18.0 Å². The van der Waals surface area contributed by atoms with Crippen LogP contribution < -0.4 is 4.72 Å². The number of amides is 1. The zero-order valence-corrected chi connectivity index (χ0v) is 16.5. The number of sulfonamides is 1. The number of nitrogens with zero attached hydrogens (tertiary/aromatic N) is 1. The fourth-order valence-electron chi connectivity index (χ4n) is 3.34. The van der Waals surface area contributed by atoms with Gasteiger partial charge in [-0.15, -0.1) is 0 Å². The molecular formula is C17H27N3O5S. The summed E-state index contributed by atoms with van der Waals surface area (Å²) >= 11 is 0. The van der Waals surface area contributed by atoms with E-state index in [-0.39, 0.29) is 25.1 Å².